The van der Waals surface area contributed by atoms with Gasteiger partial charge in [0.15, 0.2) is 0 Å². The summed E-state index contributed by atoms with van der Waals surface area (Å²) < 4.78 is 0. The Morgan fingerprint density at radius 3 is 2.84 bits per heavy atom. The predicted octanol–water partition coefficient (Wildman–Crippen LogP) is 4.71. The van der Waals surface area contributed by atoms with Crippen molar-refractivity contribution in [1.29, 1.82) is 0 Å². The number of aliphatic carboxylic acids is 1. The largest absolute Gasteiger partial charge is 0.481 e. The summed E-state index contributed by atoms with van der Waals surface area (Å²) in [6.45, 7) is 0.988. The number of aliphatic hydroxyl groups is 1. The minimum atomic E-state index is -0.874. The molecular weight excluding hydrogens is 402 g/mol. The molecular formula is C26H31N3O3. The van der Waals surface area contributed by atoms with Gasteiger partial charge < -0.3 is 15.5 Å². The summed E-state index contributed by atoms with van der Waals surface area (Å²) in [5.74, 6) is -0.507. The fraction of sp³-hybridized carbons (Fsp3) is 0.423. The van der Waals surface area contributed by atoms with Crippen LogP contribution in [0.3, 0.4) is 0 Å². The number of benzene rings is 1. The molecule has 1 aliphatic rings. The van der Waals surface area contributed by atoms with Crippen LogP contribution in [-0.2, 0) is 17.6 Å². The average molecular weight is 434 g/mol. The molecule has 0 aliphatic carbocycles. The number of nitrogens with one attached hydrogen (secondary N) is 1. The van der Waals surface area contributed by atoms with Crippen LogP contribution < -0.4 is 5.32 Å². The highest BCUT2D eigenvalue weighted by Crippen LogP contribution is 2.26. The van der Waals surface area contributed by atoms with Crippen molar-refractivity contribution < 1.29 is 15.0 Å². The summed E-state index contributed by atoms with van der Waals surface area (Å²) in [6, 6.07) is 13.9. The number of nitrogens with zero attached hydrogens (tertiary/aromatic N) is 2. The standard InChI is InChI=1S/C26H31N3O3/c30-22(9-3-2-8-21-12-11-18-7-5-15-27-25(18)29-21)13-14-23(26(31)32)20-16-19-6-1-4-10-24(19)28-17-20/h1,4,6,10-12,16-17,22-23,30H,2-3,5,7-9,13-15H2,(H,27,29)(H,31,32)/t22?,23-/m0/s1. The van der Waals surface area contributed by atoms with E-state index in [1.54, 1.807) is 6.20 Å². The van der Waals surface area contributed by atoms with Crippen molar-refractivity contribution in [3.8, 4) is 0 Å². The second kappa shape index (κ2) is 10.6. The van der Waals surface area contributed by atoms with E-state index in [2.05, 4.69) is 22.4 Å². The Hall–Kier alpha value is -2.99. The van der Waals surface area contributed by atoms with Gasteiger partial charge in [0.05, 0.1) is 17.5 Å². The van der Waals surface area contributed by atoms with E-state index in [1.165, 1.54) is 5.56 Å². The van der Waals surface area contributed by atoms with Gasteiger partial charge in [0.2, 0.25) is 0 Å². The number of carboxylic acid groups (broad SMARTS) is 1. The molecule has 1 unspecified atom stereocenters. The summed E-state index contributed by atoms with van der Waals surface area (Å²) in [4.78, 5) is 21.0. The van der Waals surface area contributed by atoms with Gasteiger partial charge in [-0.1, -0.05) is 30.7 Å². The lowest BCUT2D eigenvalue weighted by Gasteiger charge is -2.17. The van der Waals surface area contributed by atoms with Crippen molar-refractivity contribution in [2.75, 3.05) is 11.9 Å². The summed E-state index contributed by atoms with van der Waals surface area (Å²) in [5, 5.41) is 24.4. The molecule has 1 aromatic carbocycles. The minimum Gasteiger partial charge on any atom is -0.481 e. The number of hydrogen-bond donors (Lipinski definition) is 3. The maximum absolute atomic E-state index is 11.8. The Kier molecular flexibility index (Phi) is 7.32. The van der Waals surface area contributed by atoms with Crippen LogP contribution in [0.25, 0.3) is 10.9 Å². The van der Waals surface area contributed by atoms with Crippen LogP contribution in [0, 0.1) is 0 Å². The number of fused-ring (bicyclic) bond motifs is 2. The molecule has 0 amide bonds. The van der Waals surface area contributed by atoms with Crippen LogP contribution in [0.5, 0.6) is 0 Å². The first kappa shape index (κ1) is 22.2. The molecule has 0 bridgehead atoms. The van der Waals surface area contributed by atoms with Crippen molar-refractivity contribution in [3.63, 3.8) is 0 Å². The lowest BCUT2D eigenvalue weighted by Crippen LogP contribution is -2.16. The quantitative estimate of drug-likeness (QED) is 0.401. The third-order valence-corrected chi connectivity index (χ3v) is 6.27. The molecule has 6 nitrogen and oxygen atoms in total. The Morgan fingerprint density at radius 1 is 1.09 bits per heavy atom. The molecule has 2 aromatic heterocycles. The Labute approximate surface area is 188 Å². The zero-order valence-electron chi connectivity index (χ0n) is 18.3. The molecule has 3 aromatic rings. The van der Waals surface area contributed by atoms with Gasteiger partial charge in [0.1, 0.15) is 5.82 Å². The van der Waals surface area contributed by atoms with Crippen LogP contribution >= 0.6 is 0 Å². The van der Waals surface area contributed by atoms with E-state index in [4.69, 9.17) is 4.98 Å². The van der Waals surface area contributed by atoms with E-state index >= 15 is 0 Å². The first-order valence-electron chi connectivity index (χ1n) is 11.6. The zero-order chi connectivity index (χ0) is 22.3. The molecule has 3 heterocycles. The number of aromatic nitrogens is 2. The highest BCUT2D eigenvalue weighted by atomic mass is 16.4. The van der Waals surface area contributed by atoms with Crippen LogP contribution in [0.1, 0.15) is 61.3 Å². The van der Waals surface area contributed by atoms with Crippen LogP contribution in [-0.4, -0.2) is 38.8 Å². The first-order valence-corrected chi connectivity index (χ1v) is 11.6. The van der Waals surface area contributed by atoms with E-state index in [1.807, 2.05) is 30.3 Å². The molecule has 4 rings (SSSR count). The molecule has 0 saturated carbocycles. The molecule has 1 aliphatic heterocycles. The van der Waals surface area contributed by atoms with E-state index in [0.717, 1.165) is 61.1 Å². The van der Waals surface area contributed by atoms with Crippen LogP contribution in [0.4, 0.5) is 5.82 Å². The highest BCUT2D eigenvalue weighted by Gasteiger charge is 2.22. The SMILES string of the molecule is O=C(O)[C@@H](CCC(O)CCCCc1ccc2c(n1)NCCC2)c1cnc2ccccc2c1. The van der Waals surface area contributed by atoms with Crippen molar-refractivity contribution in [2.24, 2.45) is 0 Å². The number of pyridine rings is 2. The van der Waals surface area contributed by atoms with Gasteiger partial charge in [-0.15, -0.1) is 0 Å². The van der Waals surface area contributed by atoms with Gasteiger partial charge in [-0.25, -0.2) is 4.98 Å². The summed E-state index contributed by atoms with van der Waals surface area (Å²) in [6.07, 6.45) is 7.67. The predicted molar refractivity (Wildman–Crippen MR) is 126 cm³/mol. The van der Waals surface area contributed by atoms with E-state index in [0.29, 0.717) is 24.8 Å². The Balaban J connectivity index is 1.24. The van der Waals surface area contributed by atoms with E-state index < -0.39 is 18.0 Å². The highest BCUT2D eigenvalue weighted by molar-refractivity contribution is 5.82. The number of unbranched alkanes of at least 4 members (excludes halogenated alkanes) is 1. The first-order chi connectivity index (χ1) is 15.6. The second-order valence-electron chi connectivity index (χ2n) is 8.67. The lowest BCUT2D eigenvalue weighted by molar-refractivity contribution is -0.139. The number of aryl methyl sites for hydroxylation is 2. The Morgan fingerprint density at radius 2 is 1.97 bits per heavy atom. The number of carbonyl (C=O) groups is 1. The van der Waals surface area contributed by atoms with E-state index in [9.17, 15) is 15.0 Å². The van der Waals surface area contributed by atoms with Crippen molar-refractivity contribution >= 4 is 22.7 Å². The summed E-state index contributed by atoms with van der Waals surface area (Å²) in [7, 11) is 0. The zero-order valence-corrected chi connectivity index (χ0v) is 18.3. The number of anilines is 1. The molecule has 0 spiro atoms. The molecule has 0 radical (unpaired) electrons. The molecule has 0 saturated heterocycles. The molecule has 6 heteroatoms. The number of aliphatic hydroxyl groups excluding tert-OH is 1. The van der Waals surface area contributed by atoms with Gasteiger partial charge in [0.25, 0.3) is 0 Å². The molecule has 168 valence electrons. The summed E-state index contributed by atoms with van der Waals surface area (Å²) in [5.41, 5.74) is 3.92. The smallest absolute Gasteiger partial charge is 0.311 e. The molecule has 3 N–H and O–H groups in total. The van der Waals surface area contributed by atoms with E-state index in [-0.39, 0.29) is 0 Å². The number of carboxylic acids is 1. The number of hydrogen-bond acceptors (Lipinski definition) is 5. The van der Waals surface area contributed by atoms with Crippen molar-refractivity contribution in [1.82, 2.24) is 9.97 Å². The van der Waals surface area contributed by atoms with Gasteiger partial charge in [0, 0.05) is 23.8 Å². The third kappa shape index (κ3) is 5.62. The number of rotatable bonds is 10. The van der Waals surface area contributed by atoms with Crippen LogP contribution in [0.15, 0.2) is 48.7 Å². The van der Waals surface area contributed by atoms with Crippen LogP contribution in [0.2, 0.25) is 0 Å². The lowest BCUT2D eigenvalue weighted by atomic mass is 9.92. The topological polar surface area (TPSA) is 95.3 Å². The normalized spacial score (nSPS) is 15.0. The summed E-state index contributed by atoms with van der Waals surface area (Å²) >= 11 is 0. The molecule has 2 atom stereocenters. The second-order valence-corrected chi connectivity index (χ2v) is 8.67. The maximum atomic E-state index is 11.8. The van der Waals surface area contributed by atoms with Gasteiger partial charge in [-0.05, 0) is 74.3 Å². The van der Waals surface area contributed by atoms with Crippen molar-refractivity contribution in [2.45, 2.75) is 63.4 Å². The molecule has 32 heavy (non-hydrogen) atoms. The fourth-order valence-corrected chi connectivity index (χ4v) is 4.41. The average Bonchev–Trinajstić information content (AvgIpc) is 2.81. The minimum absolute atomic E-state index is 0.397. The van der Waals surface area contributed by atoms with Gasteiger partial charge >= 0.3 is 5.97 Å². The van der Waals surface area contributed by atoms with Gasteiger partial charge in [-0.2, -0.15) is 0 Å². The third-order valence-electron chi connectivity index (χ3n) is 6.27. The van der Waals surface area contributed by atoms with Gasteiger partial charge in [-0.3, -0.25) is 9.78 Å². The van der Waals surface area contributed by atoms with Crippen molar-refractivity contribution in [3.05, 3.63) is 65.5 Å². The monoisotopic (exact) mass is 433 g/mol. The molecule has 0 fully saturated rings. The maximum Gasteiger partial charge on any atom is 0.311 e. The fourth-order valence-electron chi connectivity index (χ4n) is 4.41. The Bertz CT molecular complexity index is 1070. The number of para-hydroxylation sites is 1.